The molecule has 0 atom stereocenters. The van der Waals surface area contributed by atoms with Crippen molar-refractivity contribution < 1.29 is 0 Å². The average Bonchev–Trinajstić information content (AvgIpc) is 3.13. The second-order valence-electron chi connectivity index (χ2n) is 4.46. The van der Waals surface area contributed by atoms with Gasteiger partial charge in [-0.15, -0.1) is 0 Å². The maximum Gasteiger partial charge on any atom is 0.261 e. The first-order chi connectivity index (χ1) is 8.72. The van der Waals surface area contributed by atoms with Crippen molar-refractivity contribution in [3.63, 3.8) is 0 Å². The van der Waals surface area contributed by atoms with Gasteiger partial charge in [0.25, 0.3) is 5.56 Å². The fourth-order valence-electron chi connectivity index (χ4n) is 2.14. The predicted octanol–water partition coefficient (Wildman–Crippen LogP) is 2.12. The molecule has 94 valence electrons. The van der Waals surface area contributed by atoms with Crippen LogP contribution in [0.1, 0.15) is 25.8 Å². The summed E-state index contributed by atoms with van der Waals surface area (Å²) in [7, 11) is 0. The summed E-state index contributed by atoms with van der Waals surface area (Å²) in [5.74, 6) is 0.627. The Kier molecular flexibility index (Phi) is 2.66. The van der Waals surface area contributed by atoms with E-state index >= 15 is 0 Å². The highest BCUT2D eigenvalue weighted by atomic mass is 32.1. The molecule has 0 aromatic carbocycles. The quantitative estimate of drug-likeness (QED) is 0.862. The van der Waals surface area contributed by atoms with Crippen LogP contribution in [0.4, 0.5) is 0 Å². The molecule has 0 saturated heterocycles. The van der Waals surface area contributed by atoms with Crippen LogP contribution >= 0.6 is 12.2 Å². The summed E-state index contributed by atoms with van der Waals surface area (Å²) in [5.41, 5.74) is 0.627. The van der Waals surface area contributed by atoms with Gasteiger partial charge in [0.15, 0.2) is 10.6 Å². The molecule has 1 aliphatic carbocycles. The Morgan fingerprint density at radius 2 is 2.33 bits per heavy atom. The summed E-state index contributed by atoms with van der Waals surface area (Å²) in [6.07, 6.45) is 4.02. The second kappa shape index (κ2) is 4.20. The van der Waals surface area contributed by atoms with Crippen molar-refractivity contribution in [2.24, 2.45) is 0 Å². The number of H-pyrrole nitrogens is 1. The molecule has 1 fully saturated rings. The molecule has 1 saturated carbocycles. The Hall–Kier alpha value is -1.69. The molecule has 0 spiro atoms. The largest absolute Gasteiger partial charge is 0.312 e. The predicted molar refractivity (Wildman–Crippen MR) is 71.1 cm³/mol. The van der Waals surface area contributed by atoms with Gasteiger partial charge in [0.1, 0.15) is 0 Å². The molecule has 2 aromatic heterocycles. The number of nitrogens with one attached hydrogen (secondary N) is 1. The van der Waals surface area contributed by atoms with Crippen molar-refractivity contribution in [3.8, 4) is 11.4 Å². The molecule has 0 amide bonds. The summed E-state index contributed by atoms with van der Waals surface area (Å²) in [6.45, 7) is 2.68. The number of nitrogens with zero attached hydrogens (tertiary/aromatic N) is 3. The molecule has 2 heterocycles. The molecule has 6 heteroatoms. The lowest BCUT2D eigenvalue weighted by molar-refractivity contribution is 0.703. The SMILES string of the molecule is CCn1c(-c2cccn(C3CC3)c2=O)n[nH]c1=S. The Morgan fingerprint density at radius 3 is 3.00 bits per heavy atom. The number of aromatic amines is 1. The van der Waals surface area contributed by atoms with Gasteiger partial charge in [-0.2, -0.15) is 5.10 Å². The standard InChI is InChI=1S/C12H14N4OS/c1-2-15-10(13-14-12(15)18)9-4-3-7-16(11(9)17)8-5-6-8/h3-4,7-8H,2,5-6H2,1H3,(H,14,18). The summed E-state index contributed by atoms with van der Waals surface area (Å²) in [6, 6.07) is 4.07. The van der Waals surface area contributed by atoms with E-state index in [4.69, 9.17) is 12.2 Å². The van der Waals surface area contributed by atoms with E-state index in [1.807, 2.05) is 23.8 Å². The molecule has 2 aromatic rings. The van der Waals surface area contributed by atoms with E-state index in [9.17, 15) is 4.79 Å². The lowest BCUT2D eigenvalue weighted by atomic mass is 10.2. The number of pyridine rings is 1. The first-order valence-corrected chi connectivity index (χ1v) is 6.50. The number of hydrogen-bond donors (Lipinski definition) is 1. The minimum Gasteiger partial charge on any atom is -0.312 e. The Labute approximate surface area is 109 Å². The van der Waals surface area contributed by atoms with E-state index in [1.165, 1.54) is 0 Å². The van der Waals surface area contributed by atoms with Gasteiger partial charge in [0, 0.05) is 18.8 Å². The van der Waals surface area contributed by atoms with Crippen LogP contribution in [0, 0.1) is 4.77 Å². The molecule has 1 aliphatic rings. The summed E-state index contributed by atoms with van der Waals surface area (Å²) in [4.78, 5) is 12.4. The molecule has 1 N–H and O–H groups in total. The summed E-state index contributed by atoms with van der Waals surface area (Å²) >= 11 is 5.15. The van der Waals surface area contributed by atoms with E-state index in [-0.39, 0.29) is 5.56 Å². The highest BCUT2D eigenvalue weighted by molar-refractivity contribution is 7.71. The molecule has 0 unspecified atom stereocenters. The van der Waals surface area contributed by atoms with E-state index in [0.717, 1.165) is 12.8 Å². The third kappa shape index (κ3) is 1.73. The summed E-state index contributed by atoms with van der Waals surface area (Å²) < 4.78 is 4.19. The van der Waals surface area contributed by atoms with Gasteiger partial charge in [0.2, 0.25) is 0 Å². The molecule has 5 nitrogen and oxygen atoms in total. The molecular formula is C12H14N4OS. The minimum absolute atomic E-state index is 0.0173. The van der Waals surface area contributed by atoms with E-state index in [1.54, 1.807) is 10.6 Å². The zero-order valence-corrected chi connectivity index (χ0v) is 10.9. The maximum atomic E-state index is 12.4. The minimum atomic E-state index is 0.0173. The zero-order chi connectivity index (χ0) is 12.7. The van der Waals surface area contributed by atoms with Crippen LogP contribution in [0.15, 0.2) is 23.1 Å². The van der Waals surface area contributed by atoms with Gasteiger partial charge in [-0.05, 0) is 44.1 Å². The zero-order valence-electron chi connectivity index (χ0n) is 10.1. The van der Waals surface area contributed by atoms with Gasteiger partial charge in [0.05, 0.1) is 5.56 Å². The van der Waals surface area contributed by atoms with E-state index in [2.05, 4.69) is 10.2 Å². The van der Waals surface area contributed by atoms with Crippen LogP contribution in [0.25, 0.3) is 11.4 Å². The lowest BCUT2D eigenvalue weighted by Crippen LogP contribution is -2.21. The molecular weight excluding hydrogens is 248 g/mol. The number of rotatable bonds is 3. The average molecular weight is 262 g/mol. The highest BCUT2D eigenvalue weighted by Gasteiger charge is 2.25. The van der Waals surface area contributed by atoms with Crippen LogP contribution in [0.3, 0.4) is 0 Å². The van der Waals surface area contributed by atoms with Gasteiger partial charge in [-0.25, -0.2) is 0 Å². The van der Waals surface area contributed by atoms with Crippen molar-refractivity contribution >= 4 is 12.2 Å². The van der Waals surface area contributed by atoms with Crippen molar-refractivity contribution in [1.29, 1.82) is 0 Å². The molecule has 0 bridgehead atoms. The smallest absolute Gasteiger partial charge is 0.261 e. The van der Waals surface area contributed by atoms with Gasteiger partial charge in [-0.3, -0.25) is 9.89 Å². The lowest BCUT2D eigenvalue weighted by Gasteiger charge is -2.07. The third-order valence-corrected chi connectivity index (χ3v) is 3.54. The second-order valence-corrected chi connectivity index (χ2v) is 4.85. The van der Waals surface area contributed by atoms with Gasteiger partial charge in [-0.1, -0.05) is 0 Å². The topological polar surface area (TPSA) is 55.6 Å². The Morgan fingerprint density at radius 1 is 1.56 bits per heavy atom. The van der Waals surface area contributed by atoms with Crippen LogP contribution in [0.5, 0.6) is 0 Å². The van der Waals surface area contributed by atoms with Gasteiger partial charge >= 0.3 is 0 Å². The highest BCUT2D eigenvalue weighted by Crippen LogP contribution is 2.33. The normalized spacial score (nSPS) is 14.9. The summed E-state index contributed by atoms with van der Waals surface area (Å²) in [5, 5.41) is 6.92. The molecule has 3 rings (SSSR count). The van der Waals surface area contributed by atoms with Crippen molar-refractivity contribution in [2.75, 3.05) is 0 Å². The van der Waals surface area contributed by atoms with E-state index < -0.39 is 0 Å². The fraction of sp³-hybridized carbons (Fsp3) is 0.417. The first-order valence-electron chi connectivity index (χ1n) is 6.09. The van der Waals surface area contributed by atoms with Gasteiger partial charge < -0.3 is 9.13 Å². The first kappa shape index (κ1) is 11.4. The molecule has 0 aliphatic heterocycles. The number of hydrogen-bond acceptors (Lipinski definition) is 3. The maximum absolute atomic E-state index is 12.4. The monoisotopic (exact) mass is 262 g/mol. The third-order valence-electron chi connectivity index (χ3n) is 3.23. The molecule has 0 radical (unpaired) electrons. The fourth-order valence-corrected chi connectivity index (χ4v) is 2.40. The Balaban J connectivity index is 2.20. The van der Waals surface area contributed by atoms with E-state index in [0.29, 0.717) is 28.7 Å². The number of aromatic nitrogens is 4. The van der Waals surface area contributed by atoms with Crippen LogP contribution in [0.2, 0.25) is 0 Å². The van der Waals surface area contributed by atoms with Crippen molar-refractivity contribution in [1.82, 2.24) is 19.3 Å². The van der Waals surface area contributed by atoms with Crippen LogP contribution < -0.4 is 5.56 Å². The van der Waals surface area contributed by atoms with Crippen molar-refractivity contribution in [3.05, 3.63) is 33.5 Å². The Bertz CT molecular complexity index is 693. The molecule has 18 heavy (non-hydrogen) atoms. The van der Waals surface area contributed by atoms with Crippen LogP contribution in [-0.2, 0) is 6.54 Å². The van der Waals surface area contributed by atoms with Crippen molar-refractivity contribution in [2.45, 2.75) is 32.4 Å². The van der Waals surface area contributed by atoms with Crippen LogP contribution in [-0.4, -0.2) is 19.3 Å².